The van der Waals surface area contributed by atoms with E-state index < -0.39 is 0 Å². The Labute approximate surface area is 135 Å². The summed E-state index contributed by atoms with van der Waals surface area (Å²) in [6.45, 7) is 5.70. The maximum atomic E-state index is 12.4. The number of amides is 1. The molecule has 0 spiro atoms. The fraction of sp³-hybridized carbons (Fsp3) is 0.471. The molecule has 6 nitrogen and oxygen atoms in total. The molecule has 3 heterocycles. The third kappa shape index (κ3) is 3.59. The molecule has 23 heavy (non-hydrogen) atoms. The van der Waals surface area contributed by atoms with E-state index in [9.17, 15) is 4.79 Å². The van der Waals surface area contributed by atoms with E-state index in [-0.39, 0.29) is 12.0 Å². The van der Waals surface area contributed by atoms with Crippen LogP contribution in [0.5, 0.6) is 0 Å². The van der Waals surface area contributed by atoms with E-state index in [0.29, 0.717) is 29.9 Å². The van der Waals surface area contributed by atoms with Crippen LogP contribution in [0, 0.1) is 11.8 Å². The first-order valence-electron chi connectivity index (χ1n) is 8.02. The Kier molecular flexibility index (Phi) is 4.71. The highest BCUT2D eigenvalue weighted by Gasteiger charge is 2.30. The summed E-state index contributed by atoms with van der Waals surface area (Å²) in [6, 6.07) is 7.17. The zero-order valence-electron chi connectivity index (χ0n) is 13.5. The Balaban J connectivity index is 1.64. The van der Waals surface area contributed by atoms with Crippen molar-refractivity contribution in [2.75, 3.05) is 13.2 Å². The van der Waals surface area contributed by atoms with Crippen LogP contribution in [0.2, 0.25) is 0 Å². The normalized spacial score (nSPS) is 20.8. The predicted octanol–water partition coefficient (Wildman–Crippen LogP) is 2.06. The van der Waals surface area contributed by atoms with Gasteiger partial charge in [0.2, 0.25) is 0 Å². The Morgan fingerprint density at radius 2 is 2.30 bits per heavy atom. The van der Waals surface area contributed by atoms with E-state index >= 15 is 0 Å². The number of ether oxygens (including phenoxy) is 1. The molecule has 0 radical (unpaired) electrons. The molecule has 0 bridgehead atoms. The molecule has 1 fully saturated rings. The summed E-state index contributed by atoms with van der Waals surface area (Å²) in [7, 11) is 0. The third-order valence-corrected chi connectivity index (χ3v) is 4.15. The van der Waals surface area contributed by atoms with Gasteiger partial charge >= 0.3 is 0 Å². The van der Waals surface area contributed by atoms with Crippen LogP contribution in [0.25, 0.3) is 5.82 Å². The van der Waals surface area contributed by atoms with Crippen LogP contribution in [0.1, 0.15) is 30.8 Å². The highest BCUT2D eigenvalue weighted by molar-refractivity contribution is 5.92. The second-order valence-corrected chi connectivity index (χ2v) is 6.17. The van der Waals surface area contributed by atoms with E-state index in [1.165, 1.54) is 0 Å². The third-order valence-electron chi connectivity index (χ3n) is 4.15. The highest BCUT2D eigenvalue weighted by atomic mass is 16.5. The van der Waals surface area contributed by atoms with E-state index in [2.05, 4.69) is 29.2 Å². The molecule has 6 heteroatoms. The molecule has 0 unspecified atom stereocenters. The van der Waals surface area contributed by atoms with Gasteiger partial charge in [0, 0.05) is 31.5 Å². The van der Waals surface area contributed by atoms with E-state index in [1.54, 1.807) is 23.1 Å². The topological polar surface area (TPSA) is 69.0 Å². The van der Waals surface area contributed by atoms with Crippen LogP contribution in [-0.2, 0) is 4.74 Å². The average Bonchev–Trinajstić information content (AvgIpc) is 3.24. The van der Waals surface area contributed by atoms with Crippen molar-refractivity contribution in [1.29, 1.82) is 0 Å². The van der Waals surface area contributed by atoms with Gasteiger partial charge in [0.1, 0.15) is 5.69 Å². The minimum atomic E-state index is -0.159. The lowest BCUT2D eigenvalue weighted by Crippen LogP contribution is -2.35. The van der Waals surface area contributed by atoms with Crippen molar-refractivity contribution in [3.05, 3.63) is 42.4 Å². The van der Waals surface area contributed by atoms with Gasteiger partial charge in [-0.3, -0.25) is 4.79 Å². The highest BCUT2D eigenvalue weighted by Crippen LogP contribution is 2.26. The molecule has 2 aromatic heterocycles. The lowest BCUT2D eigenvalue weighted by molar-refractivity contribution is 0.0533. The molecule has 3 rings (SSSR count). The quantitative estimate of drug-likeness (QED) is 0.917. The van der Waals surface area contributed by atoms with Crippen LogP contribution >= 0.6 is 0 Å². The SMILES string of the molecule is CC(C)[C@@H]1OCC[C@@H]1CNC(=O)c1cccc(-n2cccn2)n1. The van der Waals surface area contributed by atoms with Crippen molar-refractivity contribution >= 4 is 5.91 Å². The van der Waals surface area contributed by atoms with Gasteiger partial charge in [-0.2, -0.15) is 5.10 Å². The maximum absolute atomic E-state index is 12.4. The van der Waals surface area contributed by atoms with Gasteiger partial charge in [0.25, 0.3) is 5.91 Å². The fourth-order valence-corrected chi connectivity index (χ4v) is 3.01. The number of pyridine rings is 1. The van der Waals surface area contributed by atoms with Crippen LogP contribution < -0.4 is 5.32 Å². The Morgan fingerprint density at radius 3 is 3.04 bits per heavy atom. The number of hydrogen-bond donors (Lipinski definition) is 1. The molecular formula is C17H22N4O2. The van der Waals surface area contributed by atoms with E-state index in [4.69, 9.17) is 4.74 Å². The van der Waals surface area contributed by atoms with Crippen molar-refractivity contribution in [3.63, 3.8) is 0 Å². The molecule has 2 aromatic rings. The summed E-state index contributed by atoms with van der Waals surface area (Å²) in [5.74, 6) is 1.30. The molecule has 1 amide bonds. The Bertz CT molecular complexity index is 654. The number of hydrogen-bond acceptors (Lipinski definition) is 4. The fourth-order valence-electron chi connectivity index (χ4n) is 3.01. The second kappa shape index (κ2) is 6.91. The summed E-state index contributed by atoms with van der Waals surface area (Å²) in [6.07, 6.45) is 4.69. The molecule has 2 atom stereocenters. The molecule has 1 saturated heterocycles. The van der Waals surface area contributed by atoms with Crippen molar-refractivity contribution in [2.24, 2.45) is 11.8 Å². The van der Waals surface area contributed by atoms with Gasteiger partial charge in [-0.15, -0.1) is 0 Å². The molecule has 1 aliphatic heterocycles. The summed E-state index contributed by atoms with van der Waals surface area (Å²) in [4.78, 5) is 16.7. The molecular weight excluding hydrogens is 292 g/mol. The van der Waals surface area contributed by atoms with Gasteiger partial charge in [0.05, 0.1) is 6.10 Å². The largest absolute Gasteiger partial charge is 0.378 e. The first-order valence-corrected chi connectivity index (χ1v) is 8.02. The van der Waals surface area contributed by atoms with Crippen molar-refractivity contribution in [2.45, 2.75) is 26.4 Å². The van der Waals surface area contributed by atoms with Crippen LogP contribution in [0.3, 0.4) is 0 Å². The van der Waals surface area contributed by atoms with Gasteiger partial charge in [-0.05, 0) is 30.5 Å². The number of carbonyl (C=O) groups excluding carboxylic acids is 1. The van der Waals surface area contributed by atoms with E-state index in [0.717, 1.165) is 13.0 Å². The first-order chi connectivity index (χ1) is 11.1. The van der Waals surface area contributed by atoms with Crippen molar-refractivity contribution in [1.82, 2.24) is 20.1 Å². The smallest absolute Gasteiger partial charge is 0.269 e. The lowest BCUT2D eigenvalue weighted by Gasteiger charge is -2.22. The number of nitrogens with one attached hydrogen (secondary N) is 1. The number of aromatic nitrogens is 3. The molecule has 0 saturated carbocycles. The van der Waals surface area contributed by atoms with Crippen molar-refractivity contribution in [3.8, 4) is 5.82 Å². The van der Waals surface area contributed by atoms with Crippen LogP contribution in [-0.4, -0.2) is 39.9 Å². The van der Waals surface area contributed by atoms with Crippen LogP contribution in [0.15, 0.2) is 36.7 Å². The number of nitrogens with zero attached hydrogens (tertiary/aromatic N) is 3. The van der Waals surface area contributed by atoms with Gasteiger partial charge in [-0.25, -0.2) is 9.67 Å². The van der Waals surface area contributed by atoms with Gasteiger partial charge in [-0.1, -0.05) is 19.9 Å². The first kappa shape index (κ1) is 15.7. The summed E-state index contributed by atoms with van der Waals surface area (Å²) < 4.78 is 7.39. The van der Waals surface area contributed by atoms with E-state index in [1.807, 2.05) is 18.2 Å². The lowest BCUT2D eigenvalue weighted by atomic mass is 9.93. The summed E-state index contributed by atoms with van der Waals surface area (Å²) in [5, 5.41) is 7.12. The van der Waals surface area contributed by atoms with Gasteiger partial charge < -0.3 is 10.1 Å². The summed E-state index contributed by atoms with van der Waals surface area (Å²) >= 11 is 0. The standard InChI is InChI=1S/C17H22N4O2/c1-12(2)16-13(7-10-23-16)11-18-17(22)14-5-3-6-15(20-14)21-9-4-8-19-21/h3-6,8-9,12-13,16H,7,10-11H2,1-2H3,(H,18,22)/t13-,16+/m1/s1. The molecule has 1 N–H and O–H groups in total. The monoisotopic (exact) mass is 314 g/mol. The zero-order valence-corrected chi connectivity index (χ0v) is 13.5. The van der Waals surface area contributed by atoms with Gasteiger partial charge in [0.15, 0.2) is 5.82 Å². The number of carbonyl (C=O) groups is 1. The Morgan fingerprint density at radius 1 is 1.43 bits per heavy atom. The Hall–Kier alpha value is -2.21. The zero-order chi connectivity index (χ0) is 16.2. The molecule has 122 valence electrons. The molecule has 0 aromatic carbocycles. The maximum Gasteiger partial charge on any atom is 0.269 e. The summed E-state index contributed by atoms with van der Waals surface area (Å²) in [5.41, 5.74) is 0.401. The number of rotatable bonds is 5. The second-order valence-electron chi connectivity index (χ2n) is 6.17. The predicted molar refractivity (Wildman–Crippen MR) is 86.4 cm³/mol. The van der Waals surface area contributed by atoms with Crippen LogP contribution in [0.4, 0.5) is 0 Å². The van der Waals surface area contributed by atoms with Crippen molar-refractivity contribution < 1.29 is 9.53 Å². The minimum Gasteiger partial charge on any atom is -0.378 e. The minimum absolute atomic E-state index is 0.159. The average molecular weight is 314 g/mol. The molecule has 0 aliphatic carbocycles. The molecule has 1 aliphatic rings.